The third-order valence-corrected chi connectivity index (χ3v) is 4.37. The van der Waals surface area contributed by atoms with Crippen LogP contribution in [-0.4, -0.2) is 30.8 Å². The van der Waals surface area contributed by atoms with E-state index in [1.807, 2.05) is 0 Å². The number of methoxy groups -OCH3 is 1. The predicted octanol–water partition coefficient (Wildman–Crippen LogP) is 2.74. The molecule has 2 saturated carbocycles. The predicted molar refractivity (Wildman–Crippen MR) is 59.8 cm³/mol. The zero-order valence-corrected chi connectivity index (χ0v) is 10.3. The van der Waals surface area contributed by atoms with Gasteiger partial charge < -0.3 is 9.47 Å². The fraction of sp³-hybridized carbons (Fsp3) is 1.00. The van der Waals surface area contributed by atoms with E-state index in [2.05, 4.69) is 15.9 Å². The van der Waals surface area contributed by atoms with Gasteiger partial charge in [0, 0.05) is 18.5 Å². The van der Waals surface area contributed by atoms with Gasteiger partial charge in [-0.3, -0.25) is 0 Å². The molecular weight excluding hydrogens is 244 g/mol. The van der Waals surface area contributed by atoms with Crippen LogP contribution in [0, 0.1) is 5.92 Å². The van der Waals surface area contributed by atoms with Crippen molar-refractivity contribution in [3.63, 3.8) is 0 Å². The van der Waals surface area contributed by atoms with E-state index in [-0.39, 0.29) is 6.10 Å². The standard InChI is InChI=1S/C11H19BrO2/c1-13-11-9(12)6-10(11)14-7-8-4-2-3-5-8/h8-11H,2-7H2,1H3. The Kier molecular flexibility index (Phi) is 3.86. The SMILES string of the molecule is COC1C(Br)CC1OCC1CCCC1. The lowest BCUT2D eigenvalue weighted by molar-refractivity contribution is -0.113. The molecule has 0 amide bonds. The second kappa shape index (κ2) is 4.95. The maximum atomic E-state index is 5.88. The van der Waals surface area contributed by atoms with Crippen LogP contribution in [0.4, 0.5) is 0 Å². The van der Waals surface area contributed by atoms with E-state index in [0.29, 0.717) is 10.9 Å². The molecule has 0 radical (unpaired) electrons. The zero-order chi connectivity index (χ0) is 9.97. The molecule has 0 aromatic carbocycles. The van der Waals surface area contributed by atoms with E-state index in [0.717, 1.165) is 18.9 Å². The molecule has 2 aliphatic rings. The van der Waals surface area contributed by atoms with Crippen molar-refractivity contribution in [1.29, 1.82) is 0 Å². The highest BCUT2D eigenvalue weighted by Gasteiger charge is 2.40. The average Bonchev–Trinajstić information content (AvgIpc) is 2.65. The molecule has 3 heteroatoms. The van der Waals surface area contributed by atoms with Crippen LogP contribution < -0.4 is 0 Å². The largest absolute Gasteiger partial charge is 0.378 e. The second-order valence-electron chi connectivity index (χ2n) is 4.47. The Balaban J connectivity index is 1.65. The fourth-order valence-electron chi connectivity index (χ4n) is 2.43. The Bertz CT molecular complexity index is 180. The smallest absolute Gasteiger partial charge is 0.0958 e. The number of ether oxygens (including phenoxy) is 2. The van der Waals surface area contributed by atoms with E-state index in [4.69, 9.17) is 9.47 Å². The van der Waals surface area contributed by atoms with Gasteiger partial charge >= 0.3 is 0 Å². The highest BCUT2D eigenvalue weighted by Crippen LogP contribution is 2.34. The van der Waals surface area contributed by atoms with Gasteiger partial charge in [-0.2, -0.15) is 0 Å². The summed E-state index contributed by atoms with van der Waals surface area (Å²) in [6, 6.07) is 0. The normalized spacial score (nSPS) is 38.6. The number of hydrogen-bond donors (Lipinski definition) is 0. The molecule has 14 heavy (non-hydrogen) atoms. The summed E-state index contributed by atoms with van der Waals surface area (Å²) >= 11 is 3.58. The van der Waals surface area contributed by atoms with Crippen LogP contribution in [0.1, 0.15) is 32.1 Å². The summed E-state index contributed by atoms with van der Waals surface area (Å²) in [6.07, 6.45) is 7.23. The molecule has 2 aliphatic carbocycles. The minimum absolute atomic E-state index is 0.274. The van der Waals surface area contributed by atoms with E-state index >= 15 is 0 Å². The van der Waals surface area contributed by atoms with Crippen molar-refractivity contribution in [2.45, 2.75) is 49.1 Å². The van der Waals surface area contributed by atoms with Gasteiger partial charge in [-0.25, -0.2) is 0 Å². The molecule has 3 unspecified atom stereocenters. The van der Waals surface area contributed by atoms with Crippen LogP contribution in [0.5, 0.6) is 0 Å². The van der Waals surface area contributed by atoms with Crippen LogP contribution in [0.15, 0.2) is 0 Å². The minimum atomic E-state index is 0.274. The number of alkyl halides is 1. The molecule has 0 N–H and O–H groups in total. The molecule has 0 aromatic rings. The van der Waals surface area contributed by atoms with E-state index in [9.17, 15) is 0 Å². The number of rotatable bonds is 4. The summed E-state index contributed by atoms with van der Waals surface area (Å²) in [4.78, 5) is 0.501. The first-order valence-corrected chi connectivity index (χ1v) is 6.51. The van der Waals surface area contributed by atoms with Crippen molar-refractivity contribution < 1.29 is 9.47 Å². The maximum absolute atomic E-state index is 5.88. The molecule has 3 atom stereocenters. The third kappa shape index (κ3) is 2.31. The van der Waals surface area contributed by atoms with Crippen LogP contribution in [-0.2, 0) is 9.47 Å². The van der Waals surface area contributed by atoms with Crippen molar-refractivity contribution in [1.82, 2.24) is 0 Å². The van der Waals surface area contributed by atoms with Gasteiger partial charge in [0.2, 0.25) is 0 Å². The molecule has 0 spiro atoms. The van der Waals surface area contributed by atoms with E-state index < -0.39 is 0 Å². The lowest BCUT2D eigenvalue weighted by atomic mass is 9.91. The average molecular weight is 263 g/mol. The van der Waals surface area contributed by atoms with Crippen molar-refractivity contribution in [3.05, 3.63) is 0 Å². The number of halogens is 1. The van der Waals surface area contributed by atoms with Crippen LogP contribution in [0.25, 0.3) is 0 Å². The molecule has 0 aromatic heterocycles. The van der Waals surface area contributed by atoms with Gasteiger partial charge in [0.1, 0.15) is 0 Å². The Morgan fingerprint density at radius 2 is 2.00 bits per heavy atom. The van der Waals surface area contributed by atoms with E-state index in [1.165, 1.54) is 25.7 Å². The molecule has 0 saturated heterocycles. The summed E-state index contributed by atoms with van der Waals surface area (Å²) in [6.45, 7) is 0.949. The molecule has 82 valence electrons. The van der Waals surface area contributed by atoms with Gasteiger partial charge in [-0.05, 0) is 25.2 Å². The lowest BCUT2D eigenvalue weighted by Gasteiger charge is -2.40. The van der Waals surface area contributed by atoms with Gasteiger partial charge in [0.15, 0.2) is 0 Å². The molecule has 0 bridgehead atoms. The molecule has 2 rings (SSSR count). The van der Waals surface area contributed by atoms with Gasteiger partial charge in [-0.1, -0.05) is 28.8 Å². The highest BCUT2D eigenvalue weighted by molar-refractivity contribution is 9.09. The second-order valence-corrected chi connectivity index (χ2v) is 5.65. The van der Waals surface area contributed by atoms with Crippen LogP contribution in [0.3, 0.4) is 0 Å². The maximum Gasteiger partial charge on any atom is 0.0958 e. The van der Waals surface area contributed by atoms with Gasteiger partial charge in [0.25, 0.3) is 0 Å². The Morgan fingerprint density at radius 3 is 2.57 bits per heavy atom. The first-order valence-electron chi connectivity index (χ1n) is 5.59. The summed E-state index contributed by atoms with van der Waals surface area (Å²) in [5.74, 6) is 0.821. The quantitative estimate of drug-likeness (QED) is 0.726. The zero-order valence-electron chi connectivity index (χ0n) is 8.75. The Morgan fingerprint density at radius 1 is 1.29 bits per heavy atom. The van der Waals surface area contributed by atoms with Crippen molar-refractivity contribution >= 4 is 15.9 Å². The van der Waals surface area contributed by atoms with E-state index in [1.54, 1.807) is 7.11 Å². The van der Waals surface area contributed by atoms with Gasteiger partial charge in [0.05, 0.1) is 12.2 Å². The number of hydrogen-bond acceptors (Lipinski definition) is 2. The van der Waals surface area contributed by atoms with Crippen molar-refractivity contribution in [2.24, 2.45) is 5.92 Å². The fourth-order valence-corrected chi connectivity index (χ4v) is 3.35. The first-order chi connectivity index (χ1) is 6.81. The summed E-state index contributed by atoms with van der Waals surface area (Å²) < 4.78 is 11.2. The van der Waals surface area contributed by atoms with Crippen molar-refractivity contribution in [2.75, 3.05) is 13.7 Å². The van der Waals surface area contributed by atoms with Crippen LogP contribution in [0.2, 0.25) is 0 Å². The monoisotopic (exact) mass is 262 g/mol. The van der Waals surface area contributed by atoms with Gasteiger partial charge in [-0.15, -0.1) is 0 Å². The van der Waals surface area contributed by atoms with Crippen molar-refractivity contribution in [3.8, 4) is 0 Å². The molecule has 0 aliphatic heterocycles. The third-order valence-electron chi connectivity index (χ3n) is 3.47. The highest BCUT2D eigenvalue weighted by atomic mass is 79.9. The molecular formula is C11H19BrO2. The molecule has 2 fully saturated rings. The minimum Gasteiger partial charge on any atom is -0.378 e. The first kappa shape index (κ1) is 10.9. The Labute approximate surface area is 94.5 Å². The lowest BCUT2D eigenvalue weighted by Crippen LogP contribution is -2.50. The summed E-state index contributed by atoms with van der Waals surface area (Å²) in [5, 5.41) is 0. The summed E-state index contributed by atoms with van der Waals surface area (Å²) in [5.41, 5.74) is 0. The van der Waals surface area contributed by atoms with Crippen LogP contribution >= 0.6 is 15.9 Å². The summed E-state index contributed by atoms with van der Waals surface area (Å²) in [7, 11) is 1.77. The molecule has 0 heterocycles. The Hall–Kier alpha value is 0.400. The molecule has 2 nitrogen and oxygen atoms in total. The topological polar surface area (TPSA) is 18.5 Å².